The number of oxime groups is 1. The summed E-state index contributed by atoms with van der Waals surface area (Å²) in [6, 6.07) is 7.91. The van der Waals surface area contributed by atoms with Gasteiger partial charge in [-0.05, 0) is 31.5 Å². The molecule has 0 radical (unpaired) electrons. The van der Waals surface area contributed by atoms with Crippen LogP contribution in [0.25, 0.3) is 0 Å². The number of nitrogens with one attached hydrogen (secondary N) is 1. The maximum absolute atomic E-state index is 11.8. The van der Waals surface area contributed by atoms with Crippen molar-refractivity contribution in [2.24, 2.45) is 5.16 Å². The number of hydrogen-bond acceptors (Lipinski definition) is 4. The second kappa shape index (κ2) is 6.41. The number of nitrogens with zero attached hydrogens (tertiary/aromatic N) is 1. The van der Waals surface area contributed by atoms with Gasteiger partial charge in [0.1, 0.15) is 5.75 Å². The van der Waals surface area contributed by atoms with Crippen molar-refractivity contribution in [2.75, 3.05) is 7.11 Å². The molecule has 1 aromatic carbocycles. The summed E-state index contributed by atoms with van der Waals surface area (Å²) in [4.78, 5) is 17.0. The minimum atomic E-state index is -0.502. The van der Waals surface area contributed by atoms with Gasteiger partial charge in [-0.3, -0.25) is 4.79 Å². The molecule has 0 saturated heterocycles. The highest BCUT2D eigenvalue weighted by Gasteiger charge is 2.28. The van der Waals surface area contributed by atoms with Crippen molar-refractivity contribution in [1.82, 2.24) is 5.32 Å². The first-order chi connectivity index (χ1) is 9.58. The van der Waals surface area contributed by atoms with E-state index in [1.165, 1.54) is 0 Å². The van der Waals surface area contributed by atoms with E-state index in [0.29, 0.717) is 12.8 Å². The molecule has 1 N–H and O–H groups in total. The summed E-state index contributed by atoms with van der Waals surface area (Å²) in [7, 11) is 1.64. The van der Waals surface area contributed by atoms with Gasteiger partial charge in [0.2, 0.25) is 6.10 Å². The van der Waals surface area contributed by atoms with Crippen LogP contribution in [-0.4, -0.2) is 30.9 Å². The number of carbonyl (C=O) groups is 1. The van der Waals surface area contributed by atoms with Crippen LogP contribution >= 0.6 is 0 Å². The summed E-state index contributed by atoms with van der Waals surface area (Å²) < 4.78 is 5.19. The van der Waals surface area contributed by atoms with E-state index < -0.39 is 6.10 Å². The number of methoxy groups -OCH3 is 1. The van der Waals surface area contributed by atoms with Gasteiger partial charge in [0.15, 0.2) is 0 Å². The third-order valence-electron chi connectivity index (χ3n) is 3.00. The number of ether oxygens (including phenoxy) is 1. The molecule has 0 fully saturated rings. The Bertz CT molecular complexity index is 512. The topological polar surface area (TPSA) is 59.9 Å². The molecule has 1 heterocycles. The van der Waals surface area contributed by atoms with Gasteiger partial charge in [-0.2, -0.15) is 0 Å². The minimum Gasteiger partial charge on any atom is -0.497 e. The molecule has 1 unspecified atom stereocenters. The third-order valence-corrected chi connectivity index (χ3v) is 3.00. The summed E-state index contributed by atoms with van der Waals surface area (Å²) in [6.45, 7) is 3.84. The van der Waals surface area contributed by atoms with Crippen LogP contribution in [0, 0.1) is 0 Å². The van der Waals surface area contributed by atoms with Crippen LogP contribution in [0.15, 0.2) is 29.4 Å². The van der Waals surface area contributed by atoms with Gasteiger partial charge < -0.3 is 14.9 Å². The molecule has 20 heavy (non-hydrogen) atoms. The molecule has 1 aromatic rings. The fraction of sp³-hybridized carbons (Fsp3) is 0.467. The van der Waals surface area contributed by atoms with Gasteiger partial charge in [-0.1, -0.05) is 17.3 Å². The molecule has 1 aliphatic heterocycles. The zero-order valence-electron chi connectivity index (χ0n) is 12.1. The van der Waals surface area contributed by atoms with Gasteiger partial charge >= 0.3 is 0 Å². The van der Waals surface area contributed by atoms with Crippen molar-refractivity contribution in [1.29, 1.82) is 0 Å². The normalized spacial score (nSPS) is 17.6. The second-order valence-corrected chi connectivity index (χ2v) is 5.15. The lowest BCUT2D eigenvalue weighted by Gasteiger charge is -2.11. The van der Waals surface area contributed by atoms with Gasteiger partial charge in [0.05, 0.1) is 12.8 Å². The standard InChI is InChI=1S/C15H20N2O3/c1-10(2)16-15(18)14-9-12(17-20-14)7-11-5-4-6-13(8-11)19-3/h4-6,8,10,14H,7,9H2,1-3H3,(H,16,18). The number of benzene rings is 1. The van der Waals surface area contributed by atoms with E-state index >= 15 is 0 Å². The minimum absolute atomic E-state index is 0.105. The van der Waals surface area contributed by atoms with Gasteiger partial charge in [-0.25, -0.2) is 0 Å². The lowest BCUT2D eigenvalue weighted by Crippen LogP contribution is -2.38. The SMILES string of the molecule is COc1cccc(CC2=NOC(C(=O)NC(C)C)C2)c1. The monoisotopic (exact) mass is 276 g/mol. The summed E-state index contributed by atoms with van der Waals surface area (Å²) in [5.41, 5.74) is 1.97. The van der Waals surface area contributed by atoms with Crippen molar-refractivity contribution < 1.29 is 14.4 Å². The maximum atomic E-state index is 11.8. The zero-order valence-corrected chi connectivity index (χ0v) is 12.1. The summed E-state index contributed by atoms with van der Waals surface area (Å²) >= 11 is 0. The van der Waals surface area contributed by atoms with E-state index in [0.717, 1.165) is 17.0 Å². The van der Waals surface area contributed by atoms with Crippen LogP contribution in [-0.2, 0) is 16.1 Å². The average Bonchev–Trinajstić information content (AvgIpc) is 2.87. The highest BCUT2D eigenvalue weighted by molar-refractivity contribution is 5.94. The second-order valence-electron chi connectivity index (χ2n) is 5.15. The number of amides is 1. The Hall–Kier alpha value is -2.04. The van der Waals surface area contributed by atoms with Crippen LogP contribution in [0.4, 0.5) is 0 Å². The molecule has 0 saturated carbocycles. The highest BCUT2D eigenvalue weighted by atomic mass is 16.6. The molecule has 1 atom stereocenters. The molecule has 0 aliphatic carbocycles. The molecular formula is C15H20N2O3. The quantitative estimate of drug-likeness (QED) is 0.893. The fourth-order valence-electron chi connectivity index (χ4n) is 2.07. The molecule has 5 heteroatoms. The first kappa shape index (κ1) is 14.4. The van der Waals surface area contributed by atoms with Crippen molar-refractivity contribution in [3.8, 4) is 5.75 Å². The molecule has 2 rings (SSSR count). The smallest absolute Gasteiger partial charge is 0.264 e. The molecule has 0 aromatic heterocycles. The molecular weight excluding hydrogens is 256 g/mol. The van der Waals surface area contributed by atoms with E-state index in [-0.39, 0.29) is 11.9 Å². The van der Waals surface area contributed by atoms with E-state index in [1.807, 2.05) is 38.1 Å². The molecule has 1 amide bonds. The molecule has 0 bridgehead atoms. The van der Waals surface area contributed by atoms with E-state index in [2.05, 4.69) is 10.5 Å². The molecule has 5 nitrogen and oxygen atoms in total. The third kappa shape index (κ3) is 3.73. The first-order valence-electron chi connectivity index (χ1n) is 6.73. The number of hydrogen-bond donors (Lipinski definition) is 1. The van der Waals surface area contributed by atoms with Crippen LogP contribution in [0.2, 0.25) is 0 Å². The predicted molar refractivity (Wildman–Crippen MR) is 76.9 cm³/mol. The van der Waals surface area contributed by atoms with Crippen molar-refractivity contribution in [3.05, 3.63) is 29.8 Å². The largest absolute Gasteiger partial charge is 0.497 e. The first-order valence-corrected chi connectivity index (χ1v) is 6.73. The fourth-order valence-corrected chi connectivity index (χ4v) is 2.07. The number of rotatable bonds is 5. The Morgan fingerprint density at radius 3 is 3.05 bits per heavy atom. The van der Waals surface area contributed by atoms with Crippen molar-refractivity contribution in [3.63, 3.8) is 0 Å². The van der Waals surface area contributed by atoms with Crippen LogP contribution in [0.3, 0.4) is 0 Å². The van der Waals surface area contributed by atoms with Crippen LogP contribution in [0.1, 0.15) is 25.8 Å². The van der Waals surface area contributed by atoms with Crippen LogP contribution < -0.4 is 10.1 Å². The Balaban J connectivity index is 1.91. The number of carbonyl (C=O) groups excluding carboxylic acids is 1. The van der Waals surface area contributed by atoms with Crippen molar-refractivity contribution in [2.45, 2.75) is 38.8 Å². The lowest BCUT2D eigenvalue weighted by molar-refractivity contribution is -0.131. The summed E-state index contributed by atoms with van der Waals surface area (Å²) in [5.74, 6) is 0.709. The van der Waals surface area contributed by atoms with Gasteiger partial charge in [-0.15, -0.1) is 0 Å². The Morgan fingerprint density at radius 2 is 2.35 bits per heavy atom. The Kier molecular flexibility index (Phi) is 4.61. The maximum Gasteiger partial charge on any atom is 0.264 e. The highest BCUT2D eigenvalue weighted by Crippen LogP contribution is 2.18. The average molecular weight is 276 g/mol. The Morgan fingerprint density at radius 1 is 1.55 bits per heavy atom. The van der Waals surface area contributed by atoms with E-state index in [9.17, 15) is 4.79 Å². The van der Waals surface area contributed by atoms with Gasteiger partial charge in [0, 0.05) is 18.9 Å². The van der Waals surface area contributed by atoms with E-state index in [1.54, 1.807) is 7.11 Å². The summed E-state index contributed by atoms with van der Waals surface area (Å²) in [6.07, 6.45) is 0.705. The zero-order chi connectivity index (χ0) is 14.5. The van der Waals surface area contributed by atoms with E-state index in [4.69, 9.17) is 9.57 Å². The molecule has 0 spiro atoms. The molecule has 1 aliphatic rings. The predicted octanol–water partition coefficient (Wildman–Crippen LogP) is 1.91. The molecule has 108 valence electrons. The van der Waals surface area contributed by atoms with Crippen molar-refractivity contribution >= 4 is 11.6 Å². The summed E-state index contributed by atoms with van der Waals surface area (Å²) in [5, 5.41) is 6.84. The van der Waals surface area contributed by atoms with Gasteiger partial charge in [0.25, 0.3) is 5.91 Å². The Labute approximate surface area is 118 Å². The van der Waals surface area contributed by atoms with Crippen LogP contribution in [0.5, 0.6) is 5.75 Å². The lowest BCUT2D eigenvalue weighted by atomic mass is 10.0.